The first-order valence-electron chi connectivity index (χ1n) is 8.88. The van der Waals surface area contributed by atoms with Crippen LogP contribution in [-0.4, -0.2) is 36.3 Å². The summed E-state index contributed by atoms with van der Waals surface area (Å²) in [6.07, 6.45) is 4.42. The number of aryl methyl sites for hydroxylation is 1. The lowest BCUT2D eigenvalue weighted by Crippen LogP contribution is -2.37. The number of rotatable bonds is 6. The maximum absolute atomic E-state index is 12.7. The number of phenolic OH excluding ortho intramolecular Hbond substituents is 1. The minimum Gasteiger partial charge on any atom is -0.507 e. The van der Waals surface area contributed by atoms with Crippen LogP contribution in [0, 0.1) is 6.92 Å². The molecule has 1 aliphatic rings. The molecular formula is C21H25NO4. The second-order valence-corrected chi connectivity index (χ2v) is 6.61. The minimum atomic E-state index is -0.345. The van der Waals surface area contributed by atoms with Gasteiger partial charge in [-0.05, 0) is 37.0 Å². The summed E-state index contributed by atoms with van der Waals surface area (Å²) in [6, 6.07) is 1.90. The van der Waals surface area contributed by atoms with Crippen LogP contribution < -0.4 is 5.63 Å². The molecule has 2 aromatic rings. The summed E-state index contributed by atoms with van der Waals surface area (Å²) in [5.41, 5.74) is 3.05. The molecule has 0 amide bonds. The van der Waals surface area contributed by atoms with Gasteiger partial charge in [-0.1, -0.05) is 12.2 Å². The topological polar surface area (TPSA) is 62.9 Å². The Balaban J connectivity index is 2.17. The summed E-state index contributed by atoms with van der Waals surface area (Å²) in [6.45, 7) is 13.0. The van der Waals surface area contributed by atoms with E-state index in [1.165, 1.54) is 0 Å². The maximum Gasteiger partial charge on any atom is 0.341 e. The van der Waals surface area contributed by atoms with E-state index in [2.05, 4.69) is 18.1 Å². The van der Waals surface area contributed by atoms with Crippen LogP contribution >= 0.6 is 0 Å². The number of phenols is 1. The molecule has 0 aliphatic carbocycles. The molecular weight excluding hydrogens is 330 g/mol. The summed E-state index contributed by atoms with van der Waals surface area (Å²) in [5.74, 6) is 0.153. The van der Waals surface area contributed by atoms with Gasteiger partial charge in [0.25, 0.3) is 0 Å². The molecule has 1 aromatic carbocycles. The monoisotopic (exact) mass is 355 g/mol. The van der Waals surface area contributed by atoms with Crippen molar-refractivity contribution in [2.45, 2.75) is 26.3 Å². The first kappa shape index (κ1) is 18.4. The molecule has 5 heteroatoms. The van der Waals surface area contributed by atoms with Crippen molar-refractivity contribution in [1.82, 2.24) is 4.90 Å². The highest BCUT2D eigenvalue weighted by atomic mass is 16.5. The first-order chi connectivity index (χ1) is 12.6. The highest BCUT2D eigenvalue weighted by Gasteiger charge is 2.21. The molecule has 0 atom stereocenters. The molecule has 2 heterocycles. The lowest BCUT2D eigenvalue weighted by atomic mass is 9.96. The Bertz CT molecular complexity index is 891. The highest BCUT2D eigenvalue weighted by Crippen LogP contribution is 2.34. The molecule has 1 aromatic heterocycles. The summed E-state index contributed by atoms with van der Waals surface area (Å²) < 4.78 is 11.0. The van der Waals surface area contributed by atoms with Crippen molar-refractivity contribution in [3.05, 3.63) is 64.1 Å². The number of morpholine rings is 1. The molecule has 1 aliphatic heterocycles. The van der Waals surface area contributed by atoms with Gasteiger partial charge in [-0.15, -0.1) is 13.2 Å². The van der Waals surface area contributed by atoms with Gasteiger partial charge < -0.3 is 14.3 Å². The minimum absolute atomic E-state index is 0.153. The normalized spacial score (nSPS) is 15.3. The fourth-order valence-corrected chi connectivity index (χ4v) is 3.45. The fourth-order valence-electron chi connectivity index (χ4n) is 3.45. The van der Waals surface area contributed by atoms with Gasteiger partial charge in [0.2, 0.25) is 0 Å². The van der Waals surface area contributed by atoms with E-state index in [9.17, 15) is 9.90 Å². The molecule has 1 N–H and O–H groups in total. The van der Waals surface area contributed by atoms with Crippen molar-refractivity contribution < 1.29 is 14.3 Å². The van der Waals surface area contributed by atoms with Gasteiger partial charge in [-0.3, -0.25) is 4.90 Å². The first-order valence-corrected chi connectivity index (χ1v) is 8.88. The van der Waals surface area contributed by atoms with E-state index in [1.54, 1.807) is 12.2 Å². The summed E-state index contributed by atoms with van der Waals surface area (Å²) in [5, 5.41) is 11.4. The highest BCUT2D eigenvalue weighted by molar-refractivity contribution is 5.87. The van der Waals surface area contributed by atoms with Gasteiger partial charge in [0, 0.05) is 30.6 Å². The Kier molecular flexibility index (Phi) is 5.59. The zero-order valence-corrected chi connectivity index (χ0v) is 15.2. The van der Waals surface area contributed by atoms with Crippen molar-refractivity contribution in [3.8, 4) is 5.75 Å². The number of fused-ring (bicyclic) bond motifs is 1. The molecule has 0 saturated carbocycles. The third kappa shape index (κ3) is 3.45. The van der Waals surface area contributed by atoms with Gasteiger partial charge in [-0.2, -0.15) is 0 Å². The van der Waals surface area contributed by atoms with Gasteiger partial charge in [0.1, 0.15) is 11.3 Å². The molecule has 138 valence electrons. The molecule has 0 radical (unpaired) electrons. The Labute approximate surface area is 153 Å². The Hall–Kier alpha value is -2.37. The second-order valence-electron chi connectivity index (χ2n) is 6.61. The number of benzene rings is 1. The number of allylic oxidation sites excluding steroid dienone is 2. The van der Waals surface area contributed by atoms with Gasteiger partial charge in [0.05, 0.1) is 18.8 Å². The van der Waals surface area contributed by atoms with Crippen LogP contribution in [-0.2, 0) is 24.1 Å². The standard InChI is InChI=1S/C21H25NO4/c1-4-6-15-12-17-14(3)18(13-22-8-10-25-11-9-22)21(24)26-20(17)16(7-5-2)19(15)23/h4-5,12,23H,1-2,6-11,13H2,3H3. The summed E-state index contributed by atoms with van der Waals surface area (Å²) in [4.78, 5) is 14.9. The maximum atomic E-state index is 12.7. The molecule has 3 rings (SSSR count). The average molecular weight is 355 g/mol. The van der Waals surface area contributed by atoms with Crippen LogP contribution in [0.25, 0.3) is 11.0 Å². The van der Waals surface area contributed by atoms with E-state index in [1.807, 2.05) is 13.0 Å². The summed E-state index contributed by atoms with van der Waals surface area (Å²) >= 11 is 0. The smallest absolute Gasteiger partial charge is 0.341 e. The van der Waals surface area contributed by atoms with E-state index in [-0.39, 0.29) is 11.4 Å². The predicted octanol–water partition coefficient (Wildman–Crippen LogP) is 3.10. The van der Waals surface area contributed by atoms with Crippen LogP contribution in [0.3, 0.4) is 0 Å². The van der Waals surface area contributed by atoms with Crippen molar-refractivity contribution in [2.24, 2.45) is 0 Å². The van der Waals surface area contributed by atoms with Crippen LogP contribution in [0.15, 0.2) is 40.6 Å². The molecule has 26 heavy (non-hydrogen) atoms. The average Bonchev–Trinajstić information content (AvgIpc) is 2.64. The summed E-state index contributed by atoms with van der Waals surface area (Å²) in [7, 11) is 0. The van der Waals surface area contributed by atoms with Crippen molar-refractivity contribution in [2.75, 3.05) is 26.3 Å². The molecule has 5 nitrogen and oxygen atoms in total. The number of ether oxygens (including phenoxy) is 1. The lowest BCUT2D eigenvalue weighted by Gasteiger charge is -2.26. The number of hydrogen-bond acceptors (Lipinski definition) is 5. The quantitative estimate of drug-likeness (QED) is 0.637. The fraction of sp³-hybridized carbons (Fsp3) is 0.381. The zero-order valence-electron chi connectivity index (χ0n) is 15.2. The second kappa shape index (κ2) is 7.89. The van der Waals surface area contributed by atoms with Crippen molar-refractivity contribution in [1.29, 1.82) is 0 Å². The third-order valence-corrected chi connectivity index (χ3v) is 4.92. The predicted molar refractivity (Wildman–Crippen MR) is 103 cm³/mol. The number of aromatic hydroxyl groups is 1. The van der Waals surface area contributed by atoms with E-state index in [4.69, 9.17) is 9.15 Å². The molecule has 0 bridgehead atoms. The van der Waals surface area contributed by atoms with Crippen LogP contribution in [0.5, 0.6) is 5.75 Å². The SMILES string of the molecule is C=CCc1cc2c(C)c(CN3CCOCC3)c(=O)oc2c(CC=C)c1O. The Morgan fingerprint density at radius 2 is 1.88 bits per heavy atom. The van der Waals surface area contributed by atoms with E-state index in [0.717, 1.165) is 29.6 Å². The molecule has 0 spiro atoms. The van der Waals surface area contributed by atoms with Gasteiger partial charge in [-0.25, -0.2) is 4.79 Å². The van der Waals surface area contributed by atoms with Gasteiger partial charge >= 0.3 is 5.63 Å². The zero-order chi connectivity index (χ0) is 18.7. The Morgan fingerprint density at radius 1 is 1.19 bits per heavy atom. The van der Waals surface area contributed by atoms with E-state index < -0.39 is 0 Å². The van der Waals surface area contributed by atoms with Crippen molar-refractivity contribution in [3.63, 3.8) is 0 Å². The Morgan fingerprint density at radius 3 is 2.54 bits per heavy atom. The third-order valence-electron chi connectivity index (χ3n) is 4.92. The van der Waals surface area contributed by atoms with Crippen LogP contribution in [0.4, 0.5) is 0 Å². The van der Waals surface area contributed by atoms with Crippen molar-refractivity contribution >= 4 is 11.0 Å². The van der Waals surface area contributed by atoms with Crippen LogP contribution in [0.1, 0.15) is 22.3 Å². The van der Waals surface area contributed by atoms with Gasteiger partial charge in [0.15, 0.2) is 0 Å². The molecule has 1 fully saturated rings. The van der Waals surface area contributed by atoms with E-state index in [0.29, 0.717) is 49.3 Å². The lowest BCUT2D eigenvalue weighted by molar-refractivity contribution is 0.0337. The van der Waals surface area contributed by atoms with Crippen LogP contribution in [0.2, 0.25) is 0 Å². The largest absolute Gasteiger partial charge is 0.507 e. The number of nitrogens with zero attached hydrogens (tertiary/aromatic N) is 1. The molecule has 1 saturated heterocycles. The van der Waals surface area contributed by atoms with E-state index >= 15 is 0 Å². The number of hydrogen-bond donors (Lipinski definition) is 1. The molecule has 0 unspecified atom stereocenters.